The Morgan fingerprint density at radius 2 is 2.14 bits per heavy atom. The minimum Gasteiger partial charge on any atom is -0.481 e. The molecule has 0 aliphatic rings. The van der Waals surface area contributed by atoms with E-state index < -0.39 is 0 Å². The fraction of sp³-hybridized carbons (Fsp3) is 0.200. The quantitative estimate of drug-likeness (QED) is 0.574. The number of nitrogens with two attached hydrogens (primary N) is 1. The molecule has 0 saturated heterocycles. The number of carbonyl (C=O) groups excluding carboxylic acids is 1. The van der Waals surface area contributed by atoms with Gasteiger partial charge in [0.25, 0.3) is 5.91 Å². The van der Waals surface area contributed by atoms with Crippen LogP contribution in [0.3, 0.4) is 0 Å². The van der Waals surface area contributed by atoms with Gasteiger partial charge >= 0.3 is 0 Å². The first-order valence-electron chi connectivity index (χ1n) is 6.48. The number of ether oxygens (including phenoxy) is 1. The second kappa shape index (κ2) is 6.71. The lowest BCUT2D eigenvalue weighted by molar-refractivity contribution is 0.0951. The number of nitrogen functional groups attached to an aromatic ring is 1. The standard InChI is InChI=1S/C15H18N4O2/c1-10-7-12(3-4-13(10)19-16)15(20)18-9-11-5-6-17-14(8-11)21-2/h3-8,19H,9,16H2,1-2H3,(H,18,20). The van der Waals surface area contributed by atoms with Crippen LogP contribution in [-0.4, -0.2) is 18.0 Å². The Morgan fingerprint density at radius 3 is 2.81 bits per heavy atom. The van der Waals surface area contributed by atoms with Gasteiger partial charge in [0.2, 0.25) is 5.88 Å². The Hall–Kier alpha value is -2.60. The average Bonchev–Trinajstić information content (AvgIpc) is 2.52. The van der Waals surface area contributed by atoms with Crippen LogP contribution in [0.15, 0.2) is 36.5 Å². The molecule has 1 amide bonds. The molecule has 1 aromatic heterocycles. The molecule has 0 atom stereocenters. The van der Waals surface area contributed by atoms with Crippen molar-refractivity contribution in [2.75, 3.05) is 12.5 Å². The first-order chi connectivity index (χ1) is 10.1. The fourth-order valence-electron chi connectivity index (χ4n) is 1.92. The molecule has 0 fully saturated rings. The molecular weight excluding hydrogens is 268 g/mol. The summed E-state index contributed by atoms with van der Waals surface area (Å²) in [5.74, 6) is 5.75. The van der Waals surface area contributed by atoms with Crippen LogP contribution < -0.4 is 21.3 Å². The van der Waals surface area contributed by atoms with E-state index in [1.807, 2.05) is 13.0 Å². The van der Waals surface area contributed by atoms with Gasteiger partial charge in [0.15, 0.2) is 0 Å². The van der Waals surface area contributed by atoms with Gasteiger partial charge in [-0.25, -0.2) is 4.98 Å². The van der Waals surface area contributed by atoms with Gasteiger partial charge in [-0.1, -0.05) is 0 Å². The number of benzene rings is 1. The molecule has 1 aromatic carbocycles. The van der Waals surface area contributed by atoms with Crippen LogP contribution >= 0.6 is 0 Å². The smallest absolute Gasteiger partial charge is 0.251 e. The summed E-state index contributed by atoms with van der Waals surface area (Å²) in [4.78, 5) is 16.1. The maximum absolute atomic E-state index is 12.1. The minimum absolute atomic E-state index is 0.141. The SMILES string of the molecule is COc1cc(CNC(=O)c2ccc(NN)c(C)c2)ccn1. The monoisotopic (exact) mass is 286 g/mol. The van der Waals surface area contributed by atoms with Crippen molar-refractivity contribution in [1.29, 1.82) is 0 Å². The summed E-state index contributed by atoms with van der Waals surface area (Å²) >= 11 is 0. The molecule has 6 nitrogen and oxygen atoms in total. The molecule has 21 heavy (non-hydrogen) atoms. The van der Waals surface area contributed by atoms with E-state index in [0.717, 1.165) is 16.8 Å². The van der Waals surface area contributed by atoms with E-state index in [4.69, 9.17) is 10.6 Å². The Balaban J connectivity index is 2.02. The third-order valence-electron chi connectivity index (χ3n) is 3.11. The maximum Gasteiger partial charge on any atom is 0.251 e. The number of rotatable bonds is 5. The lowest BCUT2D eigenvalue weighted by atomic mass is 10.1. The zero-order valence-electron chi connectivity index (χ0n) is 12.0. The second-order valence-corrected chi connectivity index (χ2v) is 4.56. The number of pyridine rings is 1. The van der Waals surface area contributed by atoms with Crippen LogP contribution in [0, 0.1) is 6.92 Å². The predicted molar refractivity (Wildman–Crippen MR) is 80.9 cm³/mol. The largest absolute Gasteiger partial charge is 0.481 e. The zero-order valence-corrected chi connectivity index (χ0v) is 12.0. The highest BCUT2D eigenvalue weighted by molar-refractivity contribution is 5.94. The van der Waals surface area contributed by atoms with Gasteiger partial charge in [-0.05, 0) is 42.3 Å². The molecule has 2 rings (SSSR count). The molecule has 110 valence electrons. The molecule has 0 aliphatic heterocycles. The fourth-order valence-corrected chi connectivity index (χ4v) is 1.92. The Morgan fingerprint density at radius 1 is 1.33 bits per heavy atom. The van der Waals surface area contributed by atoms with E-state index >= 15 is 0 Å². The zero-order chi connectivity index (χ0) is 15.2. The van der Waals surface area contributed by atoms with Gasteiger partial charge < -0.3 is 15.5 Å². The molecule has 0 radical (unpaired) electrons. The molecule has 0 saturated carbocycles. The van der Waals surface area contributed by atoms with E-state index in [9.17, 15) is 4.79 Å². The molecule has 0 bridgehead atoms. The number of anilines is 1. The molecule has 4 N–H and O–H groups in total. The molecule has 1 heterocycles. The summed E-state index contributed by atoms with van der Waals surface area (Å²) in [5.41, 5.74) is 5.80. The molecular formula is C15H18N4O2. The number of amides is 1. The molecule has 0 spiro atoms. The van der Waals surface area contributed by atoms with E-state index in [0.29, 0.717) is 18.0 Å². The summed E-state index contributed by atoms with van der Waals surface area (Å²) in [7, 11) is 1.56. The van der Waals surface area contributed by atoms with Gasteiger partial charge in [0, 0.05) is 24.4 Å². The van der Waals surface area contributed by atoms with Gasteiger partial charge in [-0.3, -0.25) is 10.6 Å². The number of aryl methyl sites for hydroxylation is 1. The van der Waals surface area contributed by atoms with Crippen LogP contribution in [0.5, 0.6) is 5.88 Å². The summed E-state index contributed by atoms with van der Waals surface area (Å²) in [6.07, 6.45) is 1.65. The van der Waals surface area contributed by atoms with Crippen molar-refractivity contribution in [2.45, 2.75) is 13.5 Å². The van der Waals surface area contributed by atoms with Crippen molar-refractivity contribution in [3.8, 4) is 5.88 Å². The lowest BCUT2D eigenvalue weighted by Crippen LogP contribution is -2.23. The van der Waals surface area contributed by atoms with Gasteiger partial charge in [0.1, 0.15) is 0 Å². The summed E-state index contributed by atoms with van der Waals surface area (Å²) < 4.78 is 5.04. The number of nitrogens with one attached hydrogen (secondary N) is 2. The van der Waals surface area contributed by atoms with Crippen LogP contribution in [0.4, 0.5) is 5.69 Å². The van der Waals surface area contributed by atoms with Gasteiger partial charge in [0.05, 0.1) is 12.8 Å². The summed E-state index contributed by atoms with van der Waals surface area (Å²) in [6.45, 7) is 2.30. The normalized spacial score (nSPS) is 10.0. The number of nitrogens with zero attached hydrogens (tertiary/aromatic N) is 1. The van der Waals surface area contributed by atoms with Crippen molar-refractivity contribution < 1.29 is 9.53 Å². The van der Waals surface area contributed by atoms with Crippen LogP contribution in [0.25, 0.3) is 0 Å². The van der Waals surface area contributed by atoms with Crippen molar-refractivity contribution in [1.82, 2.24) is 10.3 Å². The topological polar surface area (TPSA) is 89.3 Å². The highest BCUT2D eigenvalue weighted by atomic mass is 16.5. The van der Waals surface area contributed by atoms with Crippen LogP contribution in [0.2, 0.25) is 0 Å². The third-order valence-corrected chi connectivity index (χ3v) is 3.11. The van der Waals surface area contributed by atoms with E-state index in [1.165, 1.54) is 0 Å². The number of carbonyl (C=O) groups is 1. The average molecular weight is 286 g/mol. The summed E-state index contributed by atoms with van der Waals surface area (Å²) in [5, 5.41) is 2.86. The van der Waals surface area contributed by atoms with Gasteiger partial charge in [-0.2, -0.15) is 0 Å². The number of hydrogen-bond acceptors (Lipinski definition) is 5. The number of hydrogen-bond donors (Lipinski definition) is 3. The molecule has 2 aromatic rings. The van der Waals surface area contributed by atoms with Crippen molar-refractivity contribution >= 4 is 11.6 Å². The van der Waals surface area contributed by atoms with E-state index in [-0.39, 0.29) is 5.91 Å². The number of aromatic nitrogens is 1. The highest BCUT2D eigenvalue weighted by Crippen LogP contribution is 2.15. The van der Waals surface area contributed by atoms with E-state index in [1.54, 1.807) is 37.6 Å². The first-order valence-corrected chi connectivity index (χ1v) is 6.48. The molecule has 0 unspecified atom stereocenters. The van der Waals surface area contributed by atoms with Crippen molar-refractivity contribution in [3.05, 3.63) is 53.2 Å². The Labute approximate surface area is 123 Å². The second-order valence-electron chi connectivity index (χ2n) is 4.56. The number of methoxy groups -OCH3 is 1. The van der Waals surface area contributed by atoms with Gasteiger partial charge in [-0.15, -0.1) is 0 Å². The van der Waals surface area contributed by atoms with Crippen molar-refractivity contribution in [2.24, 2.45) is 5.84 Å². The number of hydrazine groups is 1. The Bertz CT molecular complexity index is 643. The molecule has 0 aliphatic carbocycles. The molecule has 6 heteroatoms. The van der Waals surface area contributed by atoms with Crippen LogP contribution in [0.1, 0.15) is 21.5 Å². The minimum atomic E-state index is -0.141. The maximum atomic E-state index is 12.1. The first kappa shape index (κ1) is 14.8. The van der Waals surface area contributed by atoms with Crippen molar-refractivity contribution in [3.63, 3.8) is 0 Å². The summed E-state index contributed by atoms with van der Waals surface area (Å²) in [6, 6.07) is 8.91. The lowest BCUT2D eigenvalue weighted by Gasteiger charge is -2.09. The third kappa shape index (κ3) is 3.70. The Kier molecular flexibility index (Phi) is 4.73. The highest BCUT2D eigenvalue weighted by Gasteiger charge is 2.07. The van der Waals surface area contributed by atoms with Crippen LogP contribution in [-0.2, 0) is 6.54 Å². The van der Waals surface area contributed by atoms with E-state index in [2.05, 4.69) is 15.7 Å². The predicted octanol–water partition coefficient (Wildman–Crippen LogP) is 1.61.